The summed E-state index contributed by atoms with van der Waals surface area (Å²) in [4.78, 5) is 7.17. The number of benzene rings is 1. The van der Waals surface area contributed by atoms with Crippen molar-refractivity contribution in [3.8, 4) is 11.5 Å². The van der Waals surface area contributed by atoms with Gasteiger partial charge >= 0.3 is 0 Å². The Bertz CT molecular complexity index is 594. The quantitative estimate of drug-likeness (QED) is 0.657. The molecule has 1 aliphatic carbocycles. The zero-order chi connectivity index (χ0) is 17.0. The van der Waals surface area contributed by atoms with E-state index in [0.717, 1.165) is 36.9 Å². The molecule has 0 radical (unpaired) electrons. The first kappa shape index (κ1) is 16.9. The molecule has 0 aromatic heterocycles. The van der Waals surface area contributed by atoms with E-state index in [-0.39, 0.29) is 5.75 Å². The van der Waals surface area contributed by atoms with E-state index in [4.69, 9.17) is 9.73 Å². The maximum atomic E-state index is 10.0. The average Bonchev–Trinajstić information content (AvgIpc) is 3.23. The minimum absolute atomic E-state index is 0.268. The largest absolute Gasteiger partial charge is 0.508 e. The number of methoxy groups -OCH3 is 1. The van der Waals surface area contributed by atoms with Crippen molar-refractivity contribution in [2.24, 2.45) is 10.4 Å². The van der Waals surface area contributed by atoms with E-state index in [1.54, 1.807) is 19.2 Å². The normalized spacial score (nSPS) is 19.9. The van der Waals surface area contributed by atoms with Crippen LogP contribution in [-0.4, -0.2) is 42.7 Å². The van der Waals surface area contributed by atoms with Crippen molar-refractivity contribution >= 4 is 5.96 Å². The van der Waals surface area contributed by atoms with Crippen LogP contribution in [0.4, 0.5) is 0 Å². The maximum Gasteiger partial charge on any atom is 0.194 e. The fourth-order valence-electron chi connectivity index (χ4n) is 4.05. The van der Waals surface area contributed by atoms with Gasteiger partial charge in [0.05, 0.1) is 13.7 Å². The highest BCUT2D eigenvalue weighted by molar-refractivity contribution is 5.80. The summed E-state index contributed by atoms with van der Waals surface area (Å²) in [6.07, 6.45) is 6.75. The molecule has 0 bridgehead atoms. The summed E-state index contributed by atoms with van der Waals surface area (Å²) in [5.74, 6) is 1.97. The molecule has 5 heteroatoms. The van der Waals surface area contributed by atoms with Gasteiger partial charge in [0.2, 0.25) is 0 Å². The first-order valence-corrected chi connectivity index (χ1v) is 9.05. The second kappa shape index (κ2) is 7.32. The van der Waals surface area contributed by atoms with Gasteiger partial charge in [-0.1, -0.05) is 12.8 Å². The van der Waals surface area contributed by atoms with Crippen LogP contribution in [0.1, 0.15) is 44.6 Å². The van der Waals surface area contributed by atoms with Gasteiger partial charge in [-0.2, -0.15) is 0 Å². The zero-order valence-corrected chi connectivity index (χ0v) is 14.8. The monoisotopic (exact) mass is 331 g/mol. The second-order valence-electron chi connectivity index (χ2n) is 7.04. The average molecular weight is 331 g/mol. The fourth-order valence-corrected chi connectivity index (χ4v) is 4.05. The van der Waals surface area contributed by atoms with Crippen molar-refractivity contribution in [3.63, 3.8) is 0 Å². The lowest BCUT2D eigenvalue weighted by Gasteiger charge is -2.26. The molecule has 1 saturated carbocycles. The van der Waals surface area contributed by atoms with Crippen molar-refractivity contribution in [2.45, 2.75) is 45.6 Å². The Morgan fingerprint density at radius 1 is 1.33 bits per heavy atom. The third-order valence-corrected chi connectivity index (χ3v) is 5.42. The topological polar surface area (TPSA) is 57.1 Å². The Hall–Kier alpha value is -1.91. The van der Waals surface area contributed by atoms with Crippen LogP contribution in [0.25, 0.3) is 0 Å². The molecule has 0 amide bonds. The van der Waals surface area contributed by atoms with Gasteiger partial charge in [0, 0.05) is 25.2 Å². The van der Waals surface area contributed by atoms with Crippen LogP contribution in [0.2, 0.25) is 0 Å². The predicted molar refractivity (Wildman–Crippen MR) is 96.6 cm³/mol. The van der Waals surface area contributed by atoms with E-state index in [0.29, 0.717) is 12.0 Å². The van der Waals surface area contributed by atoms with E-state index in [1.807, 2.05) is 6.07 Å². The summed E-state index contributed by atoms with van der Waals surface area (Å²) in [6, 6.07) is 5.28. The molecular weight excluding hydrogens is 302 g/mol. The Labute approximate surface area is 144 Å². The lowest BCUT2D eigenvalue weighted by Crippen LogP contribution is -2.41. The van der Waals surface area contributed by atoms with Crippen LogP contribution in [0.3, 0.4) is 0 Å². The molecule has 2 N–H and O–H groups in total. The number of likely N-dealkylation sites (tertiary alicyclic amines) is 1. The third-order valence-electron chi connectivity index (χ3n) is 5.42. The fraction of sp³-hybridized carbons (Fsp3) is 0.632. The number of hydrogen-bond acceptors (Lipinski definition) is 3. The molecule has 0 unspecified atom stereocenters. The third kappa shape index (κ3) is 3.60. The van der Waals surface area contributed by atoms with Crippen molar-refractivity contribution in [1.29, 1.82) is 0 Å². The first-order chi connectivity index (χ1) is 11.7. The first-order valence-electron chi connectivity index (χ1n) is 9.05. The molecule has 132 valence electrons. The minimum Gasteiger partial charge on any atom is -0.508 e. The summed E-state index contributed by atoms with van der Waals surface area (Å²) < 4.78 is 5.24. The molecule has 24 heavy (non-hydrogen) atoms. The summed E-state index contributed by atoms with van der Waals surface area (Å²) in [5, 5.41) is 13.5. The Kier molecular flexibility index (Phi) is 5.17. The summed E-state index contributed by atoms with van der Waals surface area (Å²) in [5.41, 5.74) is 1.31. The van der Waals surface area contributed by atoms with Gasteiger partial charge in [-0.25, -0.2) is 4.99 Å². The summed E-state index contributed by atoms with van der Waals surface area (Å²) >= 11 is 0. The van der Waals surface area contributed by atoms with Crippen LogP contribution in [0, 0.1) is 5.41 Å². The van der Waals surface area contributed by atoms with Gasteiger partial charge in [0.25, 0.3) is 0 Å². The van der Waals surface area contributed by atoms with Gasteiger partial charge in [0.1, 0.15) is 11.5 Å². The predicted octanol–water partition coefficient (Wildman–Crippen LogP) is 3.13. The van der Waals surface area contributed by atoms with Gasteiger partial charge in [-0.05, 0) is 49.8 Å². The number of phenols is 1. The Morgan fingerprint density at radius 2 is 2.12 bits per heavy atom. The molecule has 1 spiro atoms. The molecule has 3 rings (SSSR count). The SMILES string of the molecule is CCNC(=NCc1cc(OC)ccc1O)N1CCC2(CCCC2)C1. The van der Waals surface area contributed by atoms with Crippen molar-refractivity contribution in [1.82, 2.24) is 10.2 Å². The molecule has 1 aliphatic heterocycles. The number of phenolic OH excluding ortho intramolecular Hbond substituents is 1. The van der Waals surface area contributed by atoms with Crippen molar-refractivity contribution < 1.29 is 9.84 Å². The number of rotatable bonds is 4. The van der Waals surface area contributed by atoms with Gasteiger partial charge < -0.3 is 20.1 Å². The van der Waals surface area contributed by atoms with Crippen LogP contribution in [0.5, 0.6) is 11.5 Å². The minimum atomic E-state index is 0.268. The van der Waals surface area contributed by atoms with E-state index in [2.05, 4.69) is 17.1 Å². The molecule has 2 fully saturated rings. The summed E-state index contributed by atoms with van der Waals surface area (Å²) in [6.45, 7) is 5.60. The highest BCUT2D eigenvalue weighted by Crippen LogP contribution is 2.45. The number of nitrogens with one attached hydrogen (secondary N) is 1. The van der Waals surface area contributed by atoms with Gasteiger partial charge in [-0.15, -0.1) is 0 Å². The molecule has 1 aromatic carbocycles. The van der Waals surface area contributed by atoms with Gasteiger partial charge in [-0.3, -0.25) is 0 Å². The highest BCUT2D eigenvalue weighted by atomic mass is 16.5. The molecule has 5 nitrogen and oxygen atoms in total. The molecule has 1 saturated heterocycles. The standard InChI is InChI=1S/C19H29N3O2/c1-3-20-18(22-11-10-19(14-22)8-4-5-9-19)21-13-15-12-16(24-2)6-7-17(15)23/h6-7,12,23H,3-5,8-11,13-14H2,1-2H3,(H,20,21). The number of aromatic hydroxyl groups is 1. The van der Waals surface area contributed by atoms with Crippen LogP contribution in [0.15, 0.2) is 23.2 Å². The number of guanidine groups is 1. The second-order valence-corrected chi connectivity index (χ2v) is 7.04. The number of hydrogen-bond donors (Lipinski definition) is 2. The Balaban J connectivity index is 1.72. The summed E-state index contributed by atoms with van der Waals surface area (Å²) in [7, 11) is 1.63. The lowest BCUT2D eigenvalue weighted by molar-refractivity contribution is 0.309. The smallest absolute Gasteiger partial charge is 0.194 e. The zero-order valence-electron chi connectivity index (χ0n) is 14.8. The molecule has 1 aromatic rings. The van der Waals surface area contributed by atoms with Crippen LogP contribution in [-0.2, 0) is 6.54 Å². The molecule has 0 atom stereocenters. The Morgan fingerprint density at radius 3 is 2.83 bits per heavy atom. The van der Waals surface area contributed by atoms with E-state index in [9.17, 15) is 5.11 Å². The van der Waals surface area contributed by atoms with Crippen LogP contribution >= 0.6 is 0 Å². The van der Waals surface area contributed by atoms with Crippen LogP contribution < -0.4 is 10.1 Å². The molecular formula is C19H29N3O2. The number of nitrogens with zero attached hydrogens (tertiary/aromatic N) is 2. The number of aliphatic imine (C=N–C) groups is 1. The van der Waals surface area contributed by atoms with Gasteiger partial charge in [0.15, 0.2) is 5.96 Å². The maximum absolute atomic E-state index is 10.0. The van der Waals surface area contributed by atoms with E-state index >= 15 is 0 Å². The van der Waals surface area contributed by atoms with Crippen molar-refractivity contribution in [2.75, 3.05) is 26.7 Å². The molecule has 2 aliphatic rings. The lowest BCUT2D eigenvalue weighted by atomic mass is 9.86. The van der Waals surface area contributed by atoms with E-state index in [1.165, 1.54) is 32.1 Å². The van der Waals surface area contributed by atoms with E-state index < -0.39 is 0 Å². The van der Waals surface area contributed by atoms with Crippen molar-refractivity contribution in [3.05, 3.63) is 23.8 Å². The number of ether oxygens (including phenoxy) is 1. The molecule has 1 heterocycles. The highest BCUT2D eigenvalue weighted by Gasteiger charge is 2.41.